The van der Waals surface area contributed by atoms with Gasteiger partial charge in [-0.05, 0) is 42.0 Å². The second-order valence-corrected chi connectivity index (χ2v) is 10.6. The highest BCUT2D eigenvalue weighted by molar-refractivity contribution is 7.96. The molecule has 0 spiro atoms. The zero-order valence-electron chi connectivity index (χ0n) is 17.1. The number of halogens is 1. The summed E-state index contributed by atoms with van der Waals surface area (Å²) in [7, 11) is -2.21. The molecule has 156 valence electrons. The van der Waals surface area contributed by atoms with Gasteiger partial charge in [-0.25, -0.2) is 4.79 Å². The predicted octanol–water partition coefficient (Wildman–Crippen LogP) is 1.73. The van der Waals surface area contributed by atoms with E-state index in [1.165, 1.54) is 15.9 Å². The van der Waals surface area contributed by atoms with Gasteiger partial charge in [-0.1, -0.05) is 84.9 Å². The van der Waals surface area contributed by atoms with Crippen molar-refractivity contribution < 1.29 is 26.5 Å². The first-order valence-corrected chi connectivity index (χ1v) is 12.0. The van der Waals surface area contributed by atoms with Gasteiger partial charge in [0.05, 0.1) is 0 Å². The topological polar surface area (TPSA) is 26.3 Å². The Morgan fingerprint density at radius 3 is 1.32 bits per heavy atom. The lowest BCUT2D eigenvalue weighted by Crippen LogP contribution is -3.00. The average molecular weight is 493 g/mol. The first-order valence-electron chi connectivity index (χ1n) is 10.0. The zero-order valence-corrected chi connectivity index (χ0v) is 19.6. The van der Waals surface area contributed by atoms with E-state index in [1.807, 2.05) is 84.9 Å². The van der Waals surface area contributed by atoms with Gasteiger partial charge in [-0.2, -0.15) is 0 Å². The Balaban J connectivity index is 0.00000272. The van der Waals surface area contributed by atoms with Crippen LogP contribution < -0.4 is 32.9 Å². The van der Waals surface area contributed by atoms with Crippen molar-refractivity contribution >= 4 is 29.1 Å². The number of carbonyl (C=O) groups excluding carboxylic acids is 1. The van der Waals surface area contributed by atoms with Crippen LogP contribution in [0, 0.1) is 0 Å². The van der Waals surface area contributed by atoms with Crippen LogP contribution in [0.15, 0.2) is 121 Å². The van der Waals surface area contributed by atoms with E-state index in [0.29, 0.717) is 6.16 Å². The molecule has 0 bridgehead atoms. The second kappa shape index (κ2) is 11.0. The number of rotatable bonds is 7. The first-order chi connectivity index (χ1) is 14.8. The van der Waals surface area contributed by atoms with Gasteiger partial charge in [-0.15, -0.1) is 0 Å². The van der Waals surface area contributed by atoms with Gasteiger partial charge in [0.2, 0.25) is 0 Å². The number of hydrogen-bond acceptors (Lipinski definition) is 2. The third kappa shape index (κ3) is 5.31. The molecule has 4 aromatic rings. The molecule has 0 aliphatic rings. The summed E-state index contributed by atoms with van der Waals surface area (Å²) in [4.78, 5) is 13.2. The quantitative estimate of drug-likeness (QED) is 0.223. The van der Waals surface area contributed by atoms with Crippen LogP contribution in [0.3, 0.4) is 0 Å². The minimum Gasteiger partial charge on any atom is -1.00 e. The maximum Gasteiger partial charge on any atom is 0.345 e. The van der Waals surface area contributed by atoms with E-state index in [2.05, 4.69) is 36.4 Å². The van der Waals surface area contributed by atoms with Gasteiger partial charge >= 0.3 is 5.97 Å². The Labute approximate surface area is 195 Å². The van der Waals surface area contributed by atoms with Crippen molar-refractivity contribution in [3.63, 3.8) is 0 Å². The van der Waals surface area contributed by atoms with Gasteiger partial charge in [0.15, 0.2) is 6.16 Å². The monoisotopic (exact) mass is 492 g/mol. The van der Waals surface area contributed by atoms with Gasteiger partial charge in [-0.3, -0.25) is 0 Å². The van der Waals surface area contributed by atoms with Crippen LogP contribution in [-0.4, -0.2) is 12.1 Å². The van der Waals surface area contributed by atoms with Crippen LogP contribution in [0.2, 0.25) is 0 Å². The van der Waals surface area contributed by atoms with Crippen LogP contribution in [0.4, 0.5) is 0 Å². The Kier molecular flexibility index (Phi) is 8.17. The maximum absolute atomic E-state index is 13.2. The Bertz CT molecular complexity index is 975. The minimum atomic E-state index is -2.21. The van der Waals surface area contributed by atoms with Crippen molar-refractivity contribution in [2.45, 2.75) is 6.61 Å². The molecule has 4 heteroatoms. The first kappa shape index (κ1) is 22.9. The lowest BCUT2D eigenvalue weighted by atomic mass is 10.2. The molecule has 0 aromatic heterocycles. The van der Waals surface area contributed by atoms with E-state index < -0.39 is 7.26 Å². The van der Waals surface area contributed by atoms with E-state index in [9.17, 15) is 4.79 Å². The van der Waals surface area contributed by atoms with E-state index in [4.69, 9.17) is 4.74 Å². The molecular weight excluding hydrogens is 469 g/mol. The van der Waals surface area contributed by atoms with Gasteiger partial charge in [0.1, 0.15) is 29.8 Å². The van der Waals surface area contributed by atoms with Crippen LogP contribution in [0.1, 0.15) is 5.56 Å². The molecule has 0 atom stereocenters. The Morgan fingerprint density at radius 1 is 0.581 bits per heavy atom. The Hall–Kier alpha value is -2.74. The molecule has 0 aliphatic carbocycles. The summed E-state index contributed by atoms with van der Waals surface area (Å²) in [5.74, 6) is -0.177. The molecule has 0 radical (unpaired) electrons. The molecule has 2 nitrogen and oxygen atoms in total. The molecule has 0 unspecified atom stereocenters. The van der Waals surface area contributed by atoms with E-state index >= 15 is 0 Å². The van der Waals surface area contributed by atoms with E-state index in [-0.39, 0.29) is 29.6 Å². The van der Waals surface area contributed by atoms with Crippen molar-refractivity contribution in [2.24, 2.45) is 0 Å². The summed E-state index contributed by atoms with van der Waals surface area (Å²) >= 11 is 0. The van der Waals surface area contributed by atoms with E-state index in [0.717, 1.165) is 5.56 Å². The molecule has 0 amide bonds. The summed E-state index contributed by atoms with van der Waals surface area (Å²) in [6.07, 6.45) is 0.331. The van der Waals surface area contributed by atoms with Crippen molar-refractivity contribution in [3.05, 3.63) is 127 Å². The fourth-order valence-electron chi connectivity index (χ4n) is 3.75. The largest absolute Gasteiger partial charge is 1.00 e. The van der Waals surface area contributed by atoms with Crippen LogP contribution >= 0.6 is 7.26 Å². The number of esters is 1. The number of benzene rings is 4. The normalized spacial score (nSPS) is 10.7. The molecular formula is C27H24BrO2P. The molecule has 0 aliphatic heterocycles. The summed E-state index contributed by atoms with van der Waals surface area (Å²) in [5.41, 5.74) is 0.994. The minimum absolute atomic E-state index is 0. The van der Waals surface area contributed by atoms with Gasteiger partial charge in [0.25, 0.3) is 0 Å². The molecule has 4 rings (SSSR count). The third-order valence-corrected chi connectivity index (χ3v) is 9.47. The SMILES string of the molecule is O=[13C]([13CH2][P+](c1ccccc1)(c1ccccc1)c1ccccc1)OCc1ccccc1.[Br-]. The number of hydrogen-bond donors (Lipinski definition) is 0. The molecule has 0 saturated heterocycles. The Morgan fingerprint density at radius 2 is 0.935 bits per heavy atom. The molecule has 0 fully saturated rings. The molecule has 0 saturated carbocycles. The molecule has 31 heavy (non-hydrogen) atoms. The van der Waals surface area contributed by atoms with Crippen LogP contribution in [0.5, 0.6) is 0 Å². The highest BCUT2D eigenvalue weighted by Gasteiger charge is 2.47. The van der Waals surface area contributed by atoms with Crippen LogP contribution in [0.25, 0.3) is 0 Å². The molecule has 0 N–H and O–H groups in total. The lowest BCUT2D eigenvalue weighted by Gasteiger charge is -2.26. The standard InChI is InChI=1S/C27H24O2P.BrH/c28-27(29-21-23-13-5-1-6-14-23)22-30(24-15-7-2-8-16-24,25-17-9-3-10-18-25)26-19-11-4-12-20-26;/h1-20H,21-22H2;1H/q+1;/p-1/i22+1,27+1;. The third-order valence-electron chi connectivity index (χ3n) is 5.20. The smallest absolute Gasteiger partial charge is 0.345 e. The zero-order chi connectivity index (χ0) is 20.7. The van der Waals surface area contributed by atoms with Crippen molar-refractivity contribution in [3.8, 4) is 0 Å². The number of ether oxygens (including phenoxy) is 1. The average Bonchev–Trinajstić information content (AvgIpc) is 2.83. The number of carbonyl (C=O) groups is 1. The summed E-state index contributed by atoms with van der Waals surface area (Å²) in [6, 6.07) is 41.0. The highest BCUT2D eigenvalue weighted by atomic mass is 79.9. The highest BCUT2D eigenvalue weighted by Crippen LogP contribution is 2.55. The molecule has 0 heterocycles. The van der Waals surface area contributed by atoms with E-state index in [1.54, 1.807) is 0 Å². The summed E-state index contributed by atoms with van der Waals surface area (Å²) < 4.78 is 5.74. The maximum atomic E-state index is 13.2. The second-order valence-electron chi connectivity index (χ2n) is 7.12. The van der Waals surface area contributed by atoms with Crippen molar-refractivity contribution in [2.75, 3.05) is 6.16 Å². The summed E-state index contributed by atoms with van der Waals surface area (Å²) in [5, 5.41) is 3.54. The van der Waals surface area contributed by atoms with Crippen molar-refractivity contribution in [1.29, 1.82) is 0 Å². The van der Waals surface area contributed by atoms with Crippen molar-refractivity contribution in [1.82, 2.24) is 0 Å². The lowest BCUT2D eigenvalue weighted by molar-refractivity contribution is -0.141. The fraction of sp³-hybridized carbons (Fsp3) is 0.0741. The molecule has 4 aromatic carbocycles. The van der Waals surface area contributed by atoms with Gasteiger partial charge in [0, 0.05) is 0 Å². The predicted molar refractivity (Wildman–Crippen MR) is 126 cm³/mol. The fourth-order valence-corrected chi connectivity index (χ4v) is 7.71. The van der Waals surface area contributed by atoms with Crippen LogP contribution in [-0.2, 0) is 16.1 Å². The van der Waals surface area contributed by atoms with Gasteiger partial charge < -0.3 is 21.7 Å². The summed E-state index contributed by atoms with van der Waals surface area (Å²) in [6.45, 7) is 0.290.